The maximum absolute atomic E-state index is 11.1. The Bertz CT molecular complexity index is 866. The van der Waals surface area contributed by atoms with E-state index in [0.29, 0.717) is 20.5 Å². The van der Waals surface area contributed by atoms with Crippen molar-refractivity contribution in [2.24, 2.45) is 5.73 Å². The lowest BCUT2D eigenvalue weighted by molar-refractivity contribution is 0.208. The Hall–Kier alpha value is -1.89. The van der Waals surface area contributed by atoms with Crippen molar-refractivity contribution in [2.45, 2.75) is 9.79 Å². The molecule has 3 aromatic rings. The fourth-order valence-electron chi connectivity index (χ4n) is 1.91. The molecule has 0 aliphatic carbocycles. The zero-order valence-corrected chi connectivity index (χ0v) is 13.3. The highest BCUT2D eigenvalue weighted by Crippen LogP contribution is 2.43. The number of primary amides is 1. The number of carbonyl (C=O) groups excluding carboxylic acids is 1. The molecule has 0 aliphatic heterocycles. The first kappa shape index (κ1) is 15.0. The smallest absolute Gasteiger partial charge is 0.392 e. The van der Waals surface area contributed by atoms with Gasteiger partial charge in [-0.1, -0.05) is 41.0 Å². The van der Waals surface area contributed by atoms with Gasteiger partial charge in [0.05, 0.1) is 15.6 Å². The molecule has 0 fully saturated rings. The lowest BCUT2D eigenvalue weighted by Gasteiger charge is -2.06. The summed E-state index contributed by atoms with van der Waals surface area (Å²) in [6, 6.07) is 8.89. The standard InChI is InChI=1S/C14H9Cl2N3O2S/c15-7-3-1-5-9(10(7)16)22-12-11-8(4-2-6-18-11)19-13(12)21-14(17)20/h1-6,19H,(H2,17,20). The van der Waals surface area contributed by atoms with Crippen molar-refractivity contribution in [1.82, 2.24) is 9.97 Å². The number of H-pyrrole nitrogens is 1. The van der Waals surface area contributed by atoms with Gasteiger partial charge in [-0.3, -0.25) is 4.98 Å². The van der Waals surface area contributed by atoms with E-state index in [-0.39, 0.29) is 5.88 Å². The second-order valence-electron chi connectivity index (χ2n) is 4.26. The van der Waals surface area contributed by atoms with Gasteiger partial charge in [0.1, 0.15) is 10.4 Å². The first-order valence-electron chi connectivity index (χ1n) is 6.12. The van der Waals surface area contributed by atoms with Crippen LogP contribution in [0.1, 0.15) is 0 Å². The Labute approximate surface area is 139 Å². The minimum atomic E-state index is -0.911. The fourth-order valence-corrected chi connectivity index (χ4v) is 3.40. The summed E-state index contributed by atoms with van der Waals surface area (Å²) in [6.45, 7) is 0. The number of aromatic amines is 1. The number of amides is 1. The molecular weight excluding hydrogens is 345 g/mol. The molecule has 0 bridgehead atoms. The van der Waals surface area contributed by atoms with Gasteiger partial charge >= 0.3 is 6.09 Å². The van der Waals surface area contributed by atoms with Gasteiger partial charge in [0, 0.05) is 11.1 Å². The van der Waals surface area contributed by atoms with Crippen LogP contribution in [0.15, 0.2) is 46.3 Å². The van der Waals surface area contributed by atoms with E-state index >= 15 is 0 Å². The molecular formula is C14H9Cl2N3O2S. The molecule has 3 N–H and O–H groups in total. The Morgan fingerprint density at radius 2 is 2.09 bits per heavy atom. The molecule has 1 aromatic carbocycles. The van der Waals surface area contributed by atoms with Gasteiger partial charge in [-0.2, -0.15) is 0 Å². The predicted molar refractivity (Wildman–Crippen MR) is 86.9 cm³/mol. The first-order valence-corrected chi connectivity index (χ1v) is 7.69. The quantitative estimate of drug-likeness (QED) is 0.727. The Kier molecular flexibility index (Phi) is 4.15. The summed E-state index contributed by atoms with van der Waals surface area (Å²) in [6.07, 6.45) is 0.735. The predicted octanol–water partition coefficient (Wildman–Crippen LogP) is 4.48. The molecule has 8 heteroatoms. The number of benzene rings is 1. The van der Waals surface area contributed by atoms with Gasteiger partial charge in [0.15, 0.2) is 0 Å². The molecule has 0 unspecified atom stereocenters. The summed E-state index contributed by atoms with van der Waals surface area (Å²) < 4.78 is 5.02. The number of nitrogens with two attached hydrogens (primary N) is 1. The third kappa shape index (κ3) is 2.85. The molecule has 22 heavy (non-hydrogen) atoms. The minimum absolute atomic E-state index is 0.224. The summed E-state index contributed by atoms with van der Waals surface area (Å²) in [5.41, 5.74) is 6.48. The van der Waals surface area contributed by atoms with Crippen LogP contribution in [0.5, 0.6) is 5.88 Å². The molecule has 0 spiro atoms. The molecule has 0 aliphatic rings. The number of halogens is 2. The normalized spacial score (nSPS) is 10.8. The molecule has 3 rings (SSSR count). The van der Waals surface area contributed by atoms with Crippen molar-refractivity contribution < 1.29 is 9.53 Å². The highest BCUT2D eigenvalue weighted by atomic mass is 35.5. The second kappa shape index (κ2) is 6.08. The van der Waals surface area contributed by atoms with Crippen LogP contribution >= 0.6 is 35.0 Å². The van der Waals surface area contributed by atoms with E-state index in [9.17, 15) is 4.79 Å². The lowest BCUT2D eigenvalue weighted by Crippen LogP contribution is -2.16. The molecule has 1 amide bonds. The number of carbonyl (C=O) groups is 1. The van der Waals surface area contributed by atoms with Gasteiger partial charge in [-0.05, 0) is 24.3 Å². The largest absolute Gasteiger partial charge is 0.411 e. The highest BCUT2D eigenvalue weighted by Gasteiger charge is 2.18. The molecule has 112 valence electrons. The van der Waals surface area contributed by atoms with E-state index in [1.165, 1.54) is 11.8 Å². The minimum Gasteiger partial charge on any atom is -0.392 e. The average Bonchev–Trinajstić information content (AvgIpc) is 2.81. The maximum Gasteiger partial charge on any atom is 0.411 e. The van der Waals surface area contributed by atoms with Crippen molar-refractivity contribution in [1.29, 1.82) is 0 Å². The summed E-state index contributed by atoms with van der Waals surface area (Å²) in [4.78, 5) is 19.7. The summed E-state index contributed by atoms with van der Waals surface area (Å²) >= 11 is 13.5. The summed E-state index contributed by atoms with van der Waals surface area (Å²) in [5.74, 6) is 0.224. The maximum atomic E-state index is 11.1. The molecule has 2 aromatic heterocycles. The number of nitrogens with one attached hydrogen (secondary N) is 1. The van der Waals surface area contributed by atoms with Crippen LogP contribution in [0.25, 0.3) is 11.0 Å². The van der Waals surface area contributed by atoms with E-state index in [4.69, 9.17) is 33.7 Å². The van der Waals surface area contributed by atoms with Crippen LogP contribution < -0.4 is 10.5 Å². The number of pyridine rings is 1. The monoisotopic (exact) mass is 353 g/mol. The fraction of sp³-hybridized carbons (Fsp3) is 0. The van der Waals surface area contributed by atoms with E-state index in [2.05, 4.69) is 9.97 Å². The number of nitrogens with zero attached hydrogens (tertiary/aromatic N) is 1. The topological polar surface area (TPSA) is 81.0 Å². The van der Waals surface area contributed by atoms with Gasteiger partial charge in [-0.15, -0.1) is 0 Å². The van der Waals surface area contributed by atoms with Crippen LogP contribution in [0.2, 0.25) is 10.0 Å². The zero-order chi connectivity index (χ0) is 15.7. The van der Waals surface area contributed by atoms with Crippen molar-refractivity contribution in [3.05, 3.63) is 46.6 Å². The van der Waals surface area contributed by atoms with Gasteiger partial charge in [0.2, 0.25) is 5.88 Å². The van der Waals surface area contributed by atoms with Crippen LogP contribution in [-0.4, -0.2) is 16.1 Å². The molecule has 0 saturated carbocycles. The SMILES string of the molecule is NC(=O)Oc1[nH]c2cccnc2c1Sc1cccc(Cl)c1Cl. The molecule has 0 radical (unpaired) electrons. The average molecular weight is 354 g/mol. The zero-order valence-electron chi connectivity index (χ0n) is 11.0. The van der Waals surface area contributed by atoms with Gasteiger partial charge in [-0.25, -0.2) is 4.79 Å². The van der Waals surface area contributed by atoms with Crippen molar-refractivity contribution in [3.63, 3.8) is 0 Å². The molecule has 5 nitrogen and oxygen atoms in total. The second-order valence-corrected chi connectivity index (χ2v) is 6.10. The number of ether oxygens (including phenoxy) is 1. The number of fused-ring (bicyclic) bond motifs is 1. The van der Waals surface area contributed by atoms with Crippen molar-refractivity contribution >= 4 is 52.1 Å². The number of aromatic nitrogens is 2. The number of rotatable bonds is 3. The molecule has 0 saturated heterocycles. The van der Waals surface area contributed by atoms with Gasteiger partial charge in [0.25, 0.3) is 0 Å². The Morgan fingerprint density at radius 1 is 1.27 bits per heavy atom. The van der Waals surface area contributed by atoms with Crippen LogP contribution in [-0.2, 0) is 0 Å². The summed E-state index contributed by atoms with van der Waals surface area (Å²) in [5, 5.41) is 0.862. The number of hydrogen-bond donors (Lipinski definition) is 2. The highest BCUT2D eigenvalue weighted by molar-refractivity contribution is 7.99. The van der Waals surface area contributed by atoms with Crippen molar-refractivity contribution in [2.75, 3.05) is 0 Å². The van der Waals surface area contributed by atoms with Crippen molar-refractivity contribution in [3.8, 4) is 5.88 Å². The molecule has 0 atom stereocenters. The third-order valence-corrected chi connectivity index (χ3v) is 4.88. The molecule has 2 heterocycles. The first-order chi connectivity index (χ1) is 10.6. The third-order valence-electron chi connectivity index (χ3n) is 2.81. The van der Waals surface area contributed by atoms with E-state index in [1.54, 1.807) is 24.4 Å². The van der Waals surface area contributed by atoms with Gasteiger partial charge < -0.3 is 15.5 Å². The lowest BCUT2D eigenvalue weighted by atomic mass is 10.4. The van der Waals surface area contributed by atoms with Crippen LogP contribution in [0, 0.1) is 0 Å². The van der Waals surface area contributed by atoms with E-state index in [0.717, 1.165) is 10.4 Å². The number of hydrogen-bond acceptors (Lipinski definition) is 4. The van der Waals surface area contributed by atoms with E-state index in [1.807, 2.05) is 12.1 Å². The van der Waals surface area contributed by atoms with Crippen LogP contribution in [0.3, 0.4) is 0 Å². The summed E-state index contributed by atoms with van der Waals surface area (Å²) in [7, 11) is 0. The Morgan fingerprint density at radius 3 is 2.86 bits per heavy atom. The Balaban J connectivity index is 2.12. The van der Waals surface area contributed by atoms with E-state index < -0.39 is 6.09 Å². The van der Waals surface area contributed by atoms with Crippen LogP contribution in [0.4, 0.5) is 4.79 Å².